The van der Waals surface area contributed by atoms with Crippen molar-refractivity contribution in [3.8, 4) is 0 Å². The van der Waals surface area contributed by atoms with Gasteiger partial charge in [0, 0.05) is 11.9 Å². The van der Waals surface area contributed by atoms with Crippen molar-refractivity contribution in [3.05, 3.63) is 0 Å². The van der Waals surface area contributed by atoms with Gasteiger partial charge in [-0.15, -0.1) is 13.2 Å². The van der Waals surface area contributed by atoms with Gasteiger partial charge in [-0.05, 0) is 37.5 Å². The molecule has 51 heavy (non-hydrogen) atoms. The van der Waals surface area contributed by atoms with Crippen LogP contribution in [0.4, 0.5) is 0 Å². The molecule has 0 heterocycles. The number of carboxylic acids is 2. The minimum absolute atomic E-state index is 0. The molecule has 0 aliphatic heterocycles. The molecule has 0 atom stereocenters. The first-order chi connectivity index (χ1) is 24.1. The monoisotopic (exact) mass is 803 g/mol. The maximum Gasteiger partial charge on any atom is 4.00 e. The van der Waals surface area contributed by atoms with E-state index in [-0.39, 0.29) is 52.3 Å². The first-order valence-electron chi connectivity index (χ1n) is 21.6. The van der Waals surface area contributed by atoms with E-state index < -0.39 is 11.9 Å². The molecule has 0 bridgehead atoms. The molecule has 0 rings (SSSR count). The average molecular weight is 804 g/mol. The summed E-state index contributed by atoms with van der Waals surface area (Å²) in [6.45, 7) is 13.4. The van der Waals surface area contributed by atoms with Crippen LogP contribution in [0.25, 0.3) is 0 Å². The van der Waals surface area contributed by atoms with Crippen molar-refractivity contribution in [1.29, 1.82) is 0 Å². The van der Waals surface area contributed by atoms with Crippen LogP contribution >= 0.6 is 0 Å². The smallest absolute Gasteiger partial charge is 0.854 e. The van der Waals surface area contributed by atoms with Gasteiger partial charge in [0.15, 0.2) is 0 Å². The Hall–Kier alpha value is -0.257. The molecule has 0 aliphatic carbocycles. The van der Waals surface area contributed by atoms with Crippen LogP contribution in [-0.2, 0) is 35.8 Å². The minimum atomic E-state index is -0.904. The molecular formula is C44H88O6Zr. The number of unbranched alkanes of at least 4 members (excludes halogenated alkanes) is 24. The van der Waals surface area contributed by atoms with Gasteiger partial charge in [-0.2, -0.15) is 0 Å². The van der Waals surface area contributed by atoms with Crippen molar-refractivity contribution < 1.29 is 56.2 Å². The fraction of sp³-hybridized carbons (Fsp3) is 0.955. The van der Waals surface area contributed by atoms with E-state index in [1.165, 1.54) is 141 Å². The van der Waals surface area contributed by atoms with Gasteiger partial charge >= 0.3 is 26.2 Å². The van der Waals surface area contributed by atoms with E-state index in [9.17, 15) is 30.0 Å². The Labute approximate surface area is 338 Å². The molecule has 0 saturated heterocycles. The number of aliphatic carboxylic acids is 2. The molecule has 0 unspecified atom stereocenters. The van der Waals surface area contributed by atoms with Crippen LogP contribution in [-0.4, -0.2) is 25.2 Å². The fourth-order valence-corrected chi connectivity index (χ4v) is 5.47. The van der Waals surface area contributed by atoms with Crippen LogP contribution in [0, 0.1) is 11.8 Å². The Morgan fingerprint density at radius 3 is 0.706 bits per heavy atom. The number of rotatable bonds is 34. The normalized spacial score (nSPS) is 10.4. The Morgan fingerprint density at radius 2 is 0.569 bits per heavy atom. The average Bonchev–Trinajstić information content (AvgIpc) is 3.06. The summed E-state index contributed by atoms with van der Waals surface area (Å²) in [6.07, 6.45) is 37.7. The summed E-state index contributed by atoms with van der Waals surface area (Å²) in [5, 5.41) is 39.5. The third kappa shape index (κ3) is 79.6. The zero-order chi connectivity index (χ0) is 38.4. The molecule has 0 amide bonds. The van der Waals surface area contributed by atoms with Crippen molar-refractivity contribution in [1.82, 2.24) is 0 Å². The van der Waals surface area contributed by atoms with Gasteiger partial charge < -0.3 is 30.0 Å². The van der Waals surface area contributed by atoms with Gasteiger partial charge in [0.2, 0.25) is 0 Å². The van der Waals surface area contributed by atoms with Crippen LogP contribution in [0.15, 0.2) is 0 Å². The minimum Gasteiger partial charge on any atom is -0.854 e. The third-order valence-electron chi connectivity index (χ3n) is 8.82. The van der Waals surface area contributed by atoms with Crippen LogP contribution < -0.4 is 20.4 Å². The Bertz CT molecular complexity index is 558. The van der Waals surface area contributed by atoms with Crippen molar-refractivity contribution in [2.45, 2.75) is 247 Å². The summed E-state index contributed by atoms with van der Waals surface area (Å²) >= 11 is 0. The predicted molar refractivity (Wildman–Crippen MR) is 209 cm³/mol. The standard InChI is InChI=1S/2C18H36O2.2C4H9O.Zr/c2*1-17(2)15-13-11-9-7-5-3-4-6-8-10-12-14-16-18(19)20;2*1-2-3-4-5;/h2*17H,3-16H2,1-2H3,(H,19,20);2*2-4H2,1H3;/q;;2*-1;+4/p-2. The zero-order valence-corrected chi connectivity index (χ0v) is 37.6. The molecule has 0 N–H and O–H groups in total. The van der Waals surface area contributed by atoms with E-state index in [1.54, 1.807) is 0 Å². The second kappa shape index (κ2) is 56.5. The van der Waals surface area contributed by atoms with Crippen molar-refractivity contribution >= 4 is 11.9 Å². The third-order valence-corrected chi connectivity index (χ3v) is 8.82. The number of carboxylic acid groups (broad SMARTS) is 2. The molecule has 304 valence electrons. The van der Waals surface area contributed by atoms with Crippen molar-refractivity contribution in [2.24, 2.45) is 11.8 Å². The van der Waals surface area contributed by atoms with Crippen LogP contribution in [0.1, 0.15) is 247 Å². The summed E-state index contributed by atoms with van der Waals surface area (Å²) in [5.74, 6) is -0.0830. The molecule has 0 aliphatic rings. The summed E-state index contributed by atoms with van der Waals surface area (Å²) in [6, 6.07) is 0. The van der Waals surface area contributed by atoms with Gasteiger partial charge in [-0.1, -0.05) is 221 Å². The molecular weight excluding hydrogens is 716 g/mol. The van der Waals surface area contributed by atoms with Gasteiger partial charge in [-0.25, -0.2) is 0 Å². The van der Waals surface area contributed by atoms with E-state index in [1.807, 2.05) is 13.8 Å². The number of hydrogen-bond donors (Lipinski definition) is 0. The van der Waals surface area contributed by atoms with Gasteiger partial charge in [0.05, 0.1) is 0 Å². The van der Waals surface area contributed by atoms with E-state index >= 15 is 0 Å². The Morgan fingerprint density at radius 1 is 0.373 bits per heavy atom. The van der Waals surface area contributed by atoms with Gasteiger partial charge in [0.25, 0.3) is 0 Å². The zero-order valence-electron chi connectivity index (χ0n) is 35.1. The maximum atomic E-state index is 10.2. The number of hydrogen-bond acceptors (Lipinski definition) is 6. The molecule has 0 radical (unpaired) electrons. The molecule has 0 aromatic carbocycles. The van der Waals surface area contributed by atoms with Crippen molar-refractivity contribution in [3.63, 3.8) is 0 Å². The first kappa shape index (κ1) is 60.0. The summed E-state index contributed by atoms with van der Waals surface area (Å²) < 4.78 is 0. The topological polar surface area (TPSA) is 126 Å². The molecule has 0 spiro atoms. The predicted octanol–water partition coefficient (Wildman–Crippen LogP) is 10.00. The summed E-state index contributed by atoms with van der Waals surface area (Å²) in [4.78, 5) is 20.4. The van der Waals surface area contributed by atoms with Crippen LogP contribution in [0.2, 0.25) is 0 Å². The van der Waals surface area contributed by atoms with Gasteiger partial charge in [-0.3, -0.25) is 0 Å². The second-order valence-electron chi connectivity index (χ2n) is 15.2. The van der Waals surface area contributed by atoms with E-state index in [4.69, 9.17) is 0 Å². The SMILES string of the molecule is CC(C)CCCCCCCCCCCCCCC(=O)[O-].CC(C)CCCCCCCCCCCCCCC(=O)[O-].CCCC[O-].CCCC[O-].[Zr+4]. The second-order valence-corrected chi connectivity index (χ2v) is 15.2. The van der Waals surface area contributed by atoms with E-state index in [0.29, 0.717) is 0 Å². The molecule has 7 heteroatoms. The first-order valence-corrected chi connectivity index (χ1v) is 21.6. The number of carbonyl (C=O) groups is 2. The largest absolute Gasteiger partial charge is 4.00 e. The Kier molecular flexibility index (Phi) is 66.5. The maximum absolute atomic E-state index is 10.2. The van der Waals surface area contributed by atoms with Crippen LogP contribution in [0.3, 0.4) is 0 Å². The summed E-state index contributed by atoms with van der Waals surface area (Å²) in [7, 11) is 0. The Balaban J connectivity index is -0.000000215. The van der Waals surface area contributed by atoms with Gasteiger partial charge in [0.1, 0.15) is 0 Å². The van der Waals surface area contributed by atoms with Crippen LogP contribution in [0.5, 0.6) is 0 Å². The quantitative estimate of drug-likeness (QED) is 0.0596. The van der Waals surface area contributed by atoms with Crippen molar-refractivity contribution in [2.75, 3.05) is 13.2 Å². The molecule has 0 aromatic rings. The van der Waals surface area contributed by atoms with E-state index in [0.717, 1.165) is 63.2 Å². The molecule has 6 nitrogen and oxygen atoms in total. The molecule has 0 saturated carbocycles. The number of carbonyl (C=O) groups excluding carboxylic acids is 2. The fourth-order valence-electron chi connectivity index (χ4n) is 5.47. The molecule has 0 fully saturated rings. The molecule has 0 aromatic heterocycles. The summed E-state index contributed by atoms with van der Waals surface area (Å²) in [5.41, 5.74) is 0. The van der Waals surface area contributed by atoms with E-state index in [2.05, 4.69) is 27.7 Å².